The Morgan fingerprint density at radius 2 is 1.89 bits per heavy atom. The zero-order valence-electron chi connectivity index (χ0n) is 13.9. The van der Waals surface area contributed by atoms with Gasteiger partial charge in [-0.3, -0.25) is 4.79 Å². The van der Waals surface area contributed by atoms with Gasteiger partial charge in [-0.25, -0.2) is 5.43 Å². The van der Waals surface area contributed by atoms with E-state index < -0.39 is 5.91 Å². The van der Waals surface area contributed by atoms with Crippen LogP contribution in [0.3, 0.4) is 0 Å². The van der Waals surface area contributed by atoms with Gasteiger partial charge in [0.05, 0.1) is 33.5 Å². The molecule has 0 unspecified atom stereocenters. The molecule has 2 aromatic carbocycles. The molecule has 0 spiro atoms. The van der Waals surface area contributed by atoms with Crippen LogP contribution in [0.5, 0.6) is 17.2 Å². The Morgan fingerprint density at radius 3 is 2.56 bits per heavy atom. The summed E-state index contributed by atoms with van der Waals surface area (Å²) in [6.07, 6.45) is 1.15. The third-order valence-electron chi connectivity index (χ3n) is 3.13. The molecule has 0 radical (unpaired) electrons. The highest BCUT2D eigenvalue weighted by molar-refractivity contribution is 6.44. The first-order chi connectivity index (χ1) is 12.8. The van der Waals surface area contributed by atoms with Gasteiger partial charge < -0.3 is 14.6 Å². The van der Waals surface area contributed by atoms with Crippen LogP contribution in [-0.2, 0) is 4.79 Å². The number of hydrogen-bond acceptors (Lipinski definition) is 5. The molecule has 27 heavy (non-hydrogen) atoms. The average Bonchev–Trinajstić information content (AvgIpc) is 2.62. The van der Waals surface area contributed by atoms with Gasteiger partial charge in [0.1, 0.15) is 5.75 Å². The number of benzene rings is 2. The minimum atomic E-state index is -0.556. The Bertz CT molecular complexity index is 874. The minimum absolute atomic E-state index is 0.0693. The molecule has 0 saturated heterocycles. The summed E-state index contributed by atoms with van der Waals surface area (Å²) in [6.45, 7) is 1.74. The normalized spacial score (nSPS) is 10.9. The van der Waals surface area contributed by atoms with Gasteiger partial charge in [-0.1, -0.05) is 46.4 Å². The number of phenolic OH excluding ortho intramolecular Hbond substituents is 1. The number of hydrazone groups is 1. The maximum absolute atomic E-state index is 11.8. The number of nitrogens with one attached hydrogen (secondary N) is 1. The minimum Gasteiger partial charge on any atom is -0.504 e. The third kappa shape index (κ3) is 5.81. The number of carbonyl (C=O) groups excluding carboxylic acids is 1. The van der Waals surface area contributed by atoms with Crippen molar-refractivity contribution in [2.24, 2.45) is 5.10 Å². The Kier molecular flexibility index (Phi) is 7.86. The number of amides is 1. The van der Waals surface area contributed by atoms with Crippen molar-refractivity contribution in [3.05, 3.63) is 49.9 Å². The fourth-order valence-corrected chi connectivity index (χ4v) is 2.79. The molecule has 2 rings (SSSR count). The molecule has 0 bridgehead atoms. The molecule has 6 nitrogen and oxygen atoms in total. The summed E-state index contributed by atoms with van der Waals surface area (Å²) in [6, 6.07) is 6.01. The van der Waals surface area contributed by atoms with Gasteiger partial charge in [-0.15, -0.1) is 0 Å². The maximum Gasteiger partial charge on any atom is 0.277 e. The summed E-state index contributed by atoms with van der Waals surface area (Å²) in [5.41, 5.74) is 2.35. The van der Waals surface area contributed by atoms with Gasteiger partial charge in [0.2, 0.25) is 0 Å². The second-order valence-corrected chi connectivity index (χ2v) is 6.65. The molecule has 1 amide bonds. The van der Waals surface area contributed by atoms with E-state index in [2.05, 4.69) is 10.5 Å². The van der Waals surface area contributed by atoms with E-state index in [1.165, 1.54) is 12.1 Å². The van der Waals surface area contributed by atoms with E-state index in [1.54, 1.807) is 19.1 Å². The van der Waals surface area contributed by atoms with Gasteiger partial charge in [0, 0.05) is 11.1 Å². The molecule has 2 N–H and O–H groups in total. The molecule has 0 aliphatic heterocycles. The van der Waals surface area contributed by atoms with Crippen molar-refractivity contribution >= 4 is 58.5 Å². The number of halogens is 4. The van der Waals surface area contributed by atoms with Crippen LogP contribution in [0.25, 0.3) is 0 Å². The van der Waals surface area contributed by atoms with Crippen LogP contribution in [0.4, 0.5) is 0 Å². The van der Waals surface area contributed by atoms with Crippen LogP contribution in [-0.4, -0.2) is 30.4 Å². The highest BCUT2D eigenvalue weighted by Crippen LogP contribution is 2.39. The van der Waals surface area contributed by atoms with Crippen LogP contribution >= 0.6 is 46.4 Å². The molecule has 0 heterocycles. The summed E-state index contributed by atoms with van der Waals surface area (Å²) < 4.78 is 10.5. The molecule has 0 aliphatic rings. The molecule has 2 aromatic rings. The van der Waals surface area contributed by atoms with Gasteiger partial charge in [-0.2, -0.15) is 5.10 Å². The summed E-state index contributed by atoms with van der Waals surface area (Å²) in [5.74, 6) is -0.342. The summed E-state index contributed by atoms with van der Waals surface area (Å²) in [7, 11) is 0. The molecule has 144 valence electrons. The molecule has 0 aromatic heterocycles. The van der Waals surface area contributed by atoms with Crippen molar-refractivity contribution in [3.63, 3.8) is 0 Å². The molecule has 0 saturated carbocycles. The van der Waals surface area contributed by atoms with Crippen molar-refractivity contribution in [2.45, 2.75) is 6.92 Å². The SMILES string of the molecule is CCOc1cc(Cl)c(Cl)c(/C=N/NC(=O)COc2ccc(Cl)cc2Cl)c1O. The lowest BCUT2D eigenvalue weighted by molar-refractivity contribution is -0.123. The highest BCUT2D eigenvalue weighted by atomic mass is 35.5. The van der Waals surface area contributed by atoms with Gasteiger partial charge in [0.15, 0.2) is 18.1 Å². The van der Waals surface area contributed by atoms with Crippen molar-refractivity contribution in [3.8, 4) is 17.2 Å². The third-order valence-corrected chi connectivity index (χ3v) is 4.46. The quantitative estimate of drug-likeness (QED) is 0.461. The van der Waals surface area contributed by atoms with Crippen molar-refractivity contribution < 1.29 is 19.4 Å². The van der Waals surface area contributed by atoms with Crippen LogP contribution < -0.4 is 14.9 Å². The lowest BCUT2D eigenvalue weighted by Crippen LogP contribution is -2.24. The number of hydrogen-bond donors (Lipinski definition) is 2. The van der Waals surface area contributed by atoms with Gasteiger partial charge in [0.25, 0.3) is 5.91 Å². The number of aromatic hydroxyl groups is 1. The summed E-state index contributed by atoms with van der Waals surface area (Å²) in [4.78, 5) is 11.8. The number of nitrogens with zero attached hydrogens (tertiary/aromatic N) is 1. The predicted molar refractivity (Wildman–Crippen MR) is 107 cm³/mol. The van der Waals surface area contributed by atoms with Gasteiger partial charge in [-0.05, 0) is 25.1 Å². The van der Waals surface area contributed by atoms with E-state index in [4.69, 9.17) is 55.9 Å². The van der Waals surface area contributed by atoms with E-state index in [0.29, 0.717) is 17.4 Å². The lowest BCUT2D eigenvalue weighted by atomic mass is 10.2. The predicted octanol–water partition coefficient (Wildman–Crippen LogP) is 4.93. The van der Waals surface area contributed by atoms with E-state index in [0.717, 1.165) is 6.21 Å². The fraction of sp³-hybridized carbons (Fsp3) is 0.176. The number of ether oxygens (including phenoxy) is 2. The summed E-state index contributed by atoms with van der Waals surface area (Å²) in [5, 5.41) is 14.9. The lowest BCUT2D eigenvalue weighted by Gasteiger charge is -2.11. The zero-order chi connectivity index (χ0) is 20.0. The second-order valence-electron chi connectivity index (χ2n) is 5.02. The Hall–Kier alpha value is -1.86. The Labute approximate surface area is 175 Å². The number of rotatable bonds is 7. The first kappa shape index (κ1) is 21.4. The maximum atomic E-state index is 11.8. The molecule has 10 heteroatoms. The first-order valence-corrected chi connectivity index (χ1v) is 9.08. The molecular weight excluding hydrogens is 438 g/mol. The summed E-state index contributed by atoms with van der Waals surface area (Å²) >= 11 is 23.8. The smallest absolute Gasteiger partial charge is 0.277 e. The van der Waals surface area contributed by atoms with Crippen molar-refractivity contribution in [2.75, 3.05) is 13.2 Å². The van der Waals surface area contributed by atoms with Crippen LogP contribution in [0.1, 0.15) is 12.5 Å². The fourth-order valence-electron chi connectivity index (χ4n) is 1.93. The van der Waals surface area contributed by atoms with E-state index in [9.17, 15) is 9.90 Å². The zero-order valence-corrected chi connectivity index (χ0v) is 17.0. The Balaban J connectivity index is 2.01. The first-order valence-electron chi connectivity index (χ1n) is 7.57. The average molecular weight is 452 g/mol. The highest BCUT2D eigenvalue weighted by Gasteiger charge is 2.15. The van der Waals surface area contributed by atoms with Crippen molar-refractivity contribution in [1.82, 2.24) is 5.43 Å². The molecular formula is C17H14Cl4N2O4. The van der Waals surface area contributed by atoms with Crippen LogP contribution in [0, 0.1) is 0 Å². The van der Waals surface area contributed by atoms with Crippen LogP contribution in [0.15, 0.2) is 29.4 Å². The topological polar surface area (TPSA) is 80.2 Å². The standard InChI is InChI=1S/C17H14Cl4N2O4/c1-2-26-14-6-12(20)16(21)10(17(14)25)7-22-23-15(24)8-27-13-4-3-9(18)5-11(13)19/h3-7,25H,2,8H2,1H3,(H,23,24)/b22-7+. The molecule has 0 atom stereocenters. The van der Waals surface area contributed by atoms with Crippen LogP contribution in [0.2, 0.25) is 20.1 Å². The van der Waals surface area contributed by atoms with E-state index in [-0.39, 0.29) is 38.7 Å². The molecule has 0 fully saturated rings. The van der Waals surface area contributed by atoms with E-state index >= 15 is 0 Å². The number of carbonyl (C=O) groups is 1. The molecule has 0 aliphatic carbocycles. The van der Waals surface area contributed by atoms with E-state index in [1.807, 2.05) is 0 Å². The monoisotopic (exact) mass is 450 g/mol. The second kappa shape index (κ2) is 9.90. The largest absolute Gasteiger partial charge is 0.504 e. The van der Waals surface area contributed by atoms with Crippen molar-refractivity contribution in [1.29, 1.82) is 0 Å². The van der Waals surface area contributed by atoms with Gasteiger partial charge >= 0.3 is 0 Å². The Morgan fingerprint density at radius 1 is 1.15 bits per heavy atom. The number of phenols is 1.